The van der Waals surface area contributed by atoms with E-state index in [1.807, 2.05) is 0 Å². The predicted octanol–water partition coefficient (Wildman–Crippen LogP) is 4.33. The summed E-state index contributed by atoms with van der Waals surface area (Å²) in [7, 11) is 0. The minimum Gasteiger partial charge on any atom is -0.491 e. The molecule has 3 atom stereocenters. The predicted molar refractivity (Wildman–Crippen MR) is 121 cm³/mol. The van der Waals surface area contributed by atoms with Gasteiger partial charge in [0.1, 0.15) is 18.2 Å². The first-order valence-corrected chi connectivity index (χ1v) is 10.7. The SMILES string of the molecule is C=CC1=CCC2(Cl)C(=O)N(c3ccc(F)cc3)C(=O)C2(Cl)C1c1ccc(OCCO)cc1. The lowest BCUT2D eigenvalue weighted by atomic mass is 9.68. The van der Waals surface area contributed by atoms with Crippen LogP contribution in [-0.4, -0.2) is 39.9 Å². The summed E-state index contributed by atoms with van der Waals surface area (Å²) in [5.41, 5.74) is 1.51. The van der Waals surface area contributed by atoms with E-state index >= 15 is 0 Å². The average molecular weight is 476 g/mol. The molecule has 2 aliphatic rings. The number of carbonyl (C=O) groups excluding carboxylic acids is 2. The third-order valence-corrected chi connectivity index (χ3v) is 7.29. The molecule has 1 heterocycles. The van der Waals surface area contributed by atoms with Gasteiger partial charge in [-0.05, 0) is 54.0 Å². The molecule has 0 aromatic heterocycles. The Balaban J connectivity index is 1.81. The number of rotatable bonds is 6. The number of amides is 2. The molecular weight excluding hydrogens is 456 g/mol. The van der Waals surface area contributed by atoms with Crippen molar-refractivity contribution in [3.63, 3.8) is 0 Å². The number of alkyl halides is 2. The lowest BCUT2D eigenvalue weighted by Gasteiger charge is -2.42. The Morgan fingerprint density at radius 1 is 1.12 bits per heavy atom. The van der Waals surface area contributed by atoms with Crippen LogP contribution in [0.4, 0.5) is 10.1 Å². The molecule has 1 aliphatic carbocycles. The number of nitrogens with zero attached hydrogens (tertiary/aromatic N) is 1. The first kappa shape index (κ1) is 22.5. The fraction of sp³-hybridized carbons (Fsp3) is 0.250. The monoisotopic (exact) mass is 475 g/mol. The summed E-state index contributed by atoms with van der Waals surface area (Å²) in [6.07, 6.45) is 3.40. The second kappa shape index (κ2) is 8.35. The van der Waals surface area contributed by atoms with Gasteiger partial charge in [-0.3, -0.25) is 9.59 Å². The summed E-state index contributed by atoms with van der Waals surface area (Å²) in [6, 6.07) is 11.9. The molecule has 2 aromatic rings. The van der Waals surface area contributed by atoms with Crippen molar-refractivity contribution in [2.24, 2.45) is 0 Å². The number of carbonyl (C=O) groups is 2. The van der Waals surface area contributed by atoms with Crippen molar-refractivity contribution in [2.45, 2.75) is 22.1 Å². The number of imide groups is 1. The molecular formula is C24H20Cl2FNO4. The van der Waals surface area contributed by atoms with E-state index in [4.69, 9.17) is 33.0 Å². The maximum absolute atomic E-state index is 13.7. The van der Waals surface area contributed by atoms with E-state index in [0.29, 0.717) is 16.9 Å². The third-order valence-electron chi connectivity index (χ3n) is 5.88. The van der Waals surface area contributed by atoms with Crippen LogP contribution in [0.3, 0.4) is 0 Å². The molecule has 8 heteroatoms. The quantitative estimate of drug-likeness (QED) is 0.498. The fourth-order valence-corrected chi connectivity index (χ4v) is 5.17. The second-order valence-corrected chi connectivity index (χ2v) is 8.86. The first-order chi connectivity index (χ1) is 15.3. The maximum atomic E-state index is 13.7. The van der Waals surface area contributed by atoms with Gasteiger partial charge >= 0.3 is 0 Å². The Labute approximate surface area is 194 Å². The first-order valence-electron chi connectivity index (χ1n) is 9.96. The number of ether oxygens (including phenoxy) is 1. The number of aliphatic hydroxyl groups excluding tert-OH is 1. The number of benzene rings is 2. The highest BCUT2D eigenvalue weighted by Crippen LogP contribution is 2.59. The standard InChI is InChI=1S/C24H20Cl2FNO4/c1-2-15-11-12-23(25)21(30)28(18-7-5-17(27)6-8-18)22(31)24(23,26)20(15)16-3-9-19(10-4-16)32-14-13-29/h2-11,20,29H,1,12-14H2. The fourth-order valence-electron chi connectivity index (χ4n) is 4.32. The van der Waals surface area contributed by atoms with Crippen LogP contribution in [0.1, 0.15) is 17.9 Å². The van der Waals surface area contributed by atoms with E-state index in [1.54, 1.807) is 36.4 Å². The molecule has 3 unspecified atom stereocenters. The number of hydrogen-bond donors (Lipinski definition) is 1. The number of halogens is 3. The lowest BCUT2D eigenvalue weighted by Crippen LogP contribution is -2.54. The van der Waals surface area contributed by atoms with Gasteiger partial charge in [-0.2, -0.15) is 0 Å². The molecule has 4 rings (SSSR count). The van der Waals surface area contributed by atoms with E-state index < -0.39 is 33.3 Å². The molecule has 0 radical (unpaired) electrons. The van der Waals surface area contributed by atoms with Gasteiger partial charge in [0.05, 0.1) is 12.3 Å². The summed E-state index contributed by atoms with van der Waals surface area (Å²) in [5.74, 6) is -2.06. The molecule has 166 valence electrons. The number of aliphatic hydroxyl groups is 1. The van der Waals surface area contributed by atoms with Crippen molar-refractivity contribution in [3.8, 4) is 5.75 Å². The highest BCUT2D eigenvalue weighted by atomic mass is 35.5. The minimum absolute atomic E-state index is 0.0376. The average Bonchev–Trinajstić information content (AvgIpc) is 2.95. The van der Waals surface area contributed by atoms with Crippen LogP contribution in [0.5, 0.6) is 5.75 Å². The Bertz CT molecular complexity index is 1100. The molecule has 1 fully saturated rings. The molecule has 5 nitrogen and oxygen atoms in total. The summed E-state index contributed by atoms with van der Waals surface area (Å²) in [4.78, 5) is 24.5. The molecule has 32 heavy (non-hydrogen) atoms. The normalized spacial score (nSPS) is 27.2. The summed E-state index contributed by atoms with van der Waals surface area (Å²) < 4.78 is 18.8. The van der Waals surface area contributed by atoms with Gasteiger partial charge in [-0.1, -0.05) is 30.9 Å². The second-order valence-electron chi connectivity index (χ2n) is 7.62. The van der Waals surface area contributed by atoms with Crippen molar-refractivity contribution in [1.29, 1.82) is 0 Å². The van der Waals surface area contributed by atoms with Crippen molar-refractivity contribution in [3.05, 3.63) is 84.2 Å². The highest BCUT2D eigenvalue weighted by molar-refractivity contribution is 6.58. The minimum atomic E-state index is -1.83. The van der Waals surface area contributed by atoms with Gasteiger partial charge in [-0.15, -0.1) is 23.2 Å². The Kier molecular flexibility index (Phi) is 5.88. The summed E-state index contributed by atoms with van der Waals surface area (Å²) in [5, 5.41) is 8.94. The smallest absolute Gasteiger partial charge is 0.258 e. The Morgan fingerprint density at radius 2 is 1.78 bits per heavy atom. The van der Waals surface area contributed by atoms with Gasteiger partial charge < -0.3 is 9.84 Å². The highest BCUT2D eigenvalue weighted by Gasteiger charge is 2.73. The number of anilines is 1. The van der Waals surface area contributed by atoms with Crippen LogP contribution >= 0.6 is 23.2 Å². The van der Waals surface area contributed by atoms with Crippen LogP contribution in [0.2, 0.25) is 0 Å². The summed E-state index contributed by atoms with van der Waals surface area (Å²) in [6.45, 7) is 3.86. The molecule has 0 spiro atoms. The molecule has 1 aliphatic heterocycles. The molecule has 2 amide bonds. The van der Waals surface area contributed by atoms with Crippen LogP contribution in [0, 0.1) is 5.82 Å². The Hall–Kier alpha value is -2.67. The van der Waals surface area contributed by atoms with Gasteiger partial charge in [0.25, 0.3) is 11.8 Å². The molecule has 0 saturated carbocycles. The number of fused-ring (bicyclic) bond motifs is 1. The maximum Gasteiger partial charge on any atom is 0.258 e. The Morgan fingerprint density at radius 3 is 2.38 bits per heavy atom. The number of allylic oxidation sites excluding steroid dienone is 3. The molecule has 1 saturated heterocycles. The zero-order valence-electron chi connectivity index (χ0n) is 16.9. The van der Waals surface area contributed by atoms with E-state index in [0.717, 1.165) is 17.0 Å². The topological polar surface area (TPSA) is 66.8 Å². The van der Waals surface area contributed by atoms with Crippen molar-refractivity contribution < 1.29 is 23.8 Å². The van der Waals surface area contributed by atoms with Gasteiger partial charge in [0, 0.05) is 5.92 Å². The van der Waals surface area contributed by atoms with Crippen LogP contribution in [-0.2, 0) is 9.59 Å². The van der Waals surface area contributed by atoms with Gasteiger partial charge in [0.15, 0.2) is 9.75 Å². The summed E-state index contributed by atoms with van der Waals surface area (Å²) >= 11 is 13.9. The lowest BCUT2D eigenvalue weighted by molar-refractivity contribution is -0.122. The number of hydrogen-bond acceptors (Lipinski definition) is 4. The van der Waals surface area contributed by atoms with Crippen molar-refractivity contribution in [2.75, 3.05) is 18.1 Å². The van der Waals surface area contributed by atoms with Gasteiger partial charge in [0.2, 0.25) is 0 Å². The van der Waals surface area contributed by atoms with Crippen LogP contribution in [0.15, 0.2) is 72.8 Å². The van der Waals surface area contributed by atoms with Crippen molar-refractivity contribution in [1.82, 2.24) is 0 Å². The van der Waals surface area contributed by atoms with E-state index in [2.05, 4.69) is 6.58 Å². The van der Waals surface area contributed by atoms with E-state index in [1.165, 1.54) is 12.1 Å². The molecule has 1 N–H and O–H groups in total. The largest absolute Gasteiger partial charge is 0.491 e. The third kappa shape index (κ3) is 3.25. The zero-order chi connectivity index (χ0) is 23.1. The van der Waals surface area contributed by atoms with E-state index in [-0.39, 0.29) is 25.3 Å². The van der Waals surface area contributed by atoms with Crippen LogP contribution < -0.4 is 9.64 Å². The molecule has 0 bridgehead atoms. The van der Waals surface area contributed by atoms with Crippen LogP contribution in [0.25, 0.3) is 0 Å². The zero-order valence-corrected chi connectivity index (χ0v) is 18.4. The molecule has 2 aromatic carbocycles. The van der Waals surface area contributed by atoms with E-state index in [9.17, 15) is 14.0 Å². The van der Waals surface area contributed by atoms with Crippen molar-refractivity contribution >= 4 is 40.7 Å². The van der Waals surface area contributed by atoms with Gasteiger partial charge in [-0.25, -0.2) is 9.29 Å².